The molecule has 5 nitrogen and oxygen atoms in total. The predicted octanol–water partition coefficient (Wildman–Crippen LogP) is 1.66. The summed E-state index contributed by atoms with van der Waals surface area (Å²) in [5.74, 6) is -0.434. The van der Waals surface area contributed by atoms with Crippen LogP contribution in [-0.4, -0.2) is 31.1 Å². The number of halogens is 1. The standard InChI is InChI=1S/C15H18FNO4/c1-10(11-2-3-11)17-14(18)8-21-15(19)9-20-13-6-4-12(16)5-7-13/h4-7,10-11H,2-3,8-9H2,1H3,(H,17,18)/t10-/m1/s1. The van der Waals surface area contributed by atoms with Gasteiger partial charge in [-0.1, -0.05) is 0 Å². The van der Waals surface area contributed by atoms with Crippen LogP contribution < -0.4 is 10.1 Å². The first-order valence-electron chi connectivity index (χ1n) is 6.88. The third-order valence-electron chi connectivity index (χ3n) is 3.25. The Labute approximate surface area is 122 Å². The van der Waals surface area contributed by atoms with Gasteiger partial charge in [0.1, 0.15) is 11.6 Å². The van der Waals surface area contributed by atoms with Gasteiger partial charge in [-0.15, -0.1) is 0 Å². The van der Waals surface area contributed by atoms with Crippen molar-refractivity contribution >= 4 is 11.9 Å². The van der Waals surface area contributed by atoms with Crippen molar-refractivity contribution in [3.63, 3.8) is 0 Å². The van der Waals surface area contributed by atoms with E-state index in [2.05, 4.69) is 5.32 Å². The molecule has 0 saturated heterocycles. The minimum absolute atomic E-state index is 0.117. The molecule has 0 aliphatic heterocycles. The fourth-order valence-corrected chi connectivity index (χ4v) is 1.87. The zero-order valence-electron chi connectivity index (χ0n) is 11.8. The number of amides is 1. The van der Waals surface area contributed by atoms with Gasteiger partial charge < -0.3 is 14.8 Å². The lowest BCUT2D eigenvalue weighted by Gasteiger charge is -2.12. The Balaban J connectivity index is 1.62. The Morgan fingerprint density at radius 2 is 1.95 bits per heavy atom. The number of hydrogen-bond donors (Lipinski definition) is 1. The number of carbonyl (C=O) groups is 2. The number of esters is 1. The topological polar surface area (TPSA) is 64.6 Å². The number of ether oxygens (including phenoxy) is 2. The first-order valence-corrected chi connectivity index (χ1v) is 6.88. The molecule has 1 aliphatic carbocycles. The first kappa shape index (κ1) is 15.3. The summed E-state index contributed by atoms with van der Waals surface area (Å²) >= 11 is 0. The van der Waals surface area contributed by atoms with Crippen molar-refractivity contribution in [2.45, 2.75) is 25.8 Å². The second-order valence-corrected chi connectivity index (χ2v) is 5.10. The van der Waals surface area contributed by atoms with Crippen molar-refractivity contribution in [2.24, 2.45) is 5.92 Å². The molecule has 6 heteroatoms. The quantitative estimate of drug-likeness (QED) is 0.777. The third kappa shape index (κ3) is 5.41. The maximum Gasteiger partial charge on any atom is 0.344 e. The average molecular weight is 295 g/mol. The van der Waals surface area contributed by atoms with Crippen LogP contribution in [0.15, 0.2) is 24.3 Å². The molecule has 1 fully saturated rings. The van der Waals surface area contributed by atoms with Crippen LogP contribution in [-0.2, 0) is 14.3 Å². The number of rotatable bonds is 7. The van der Waals surface area contributed by atoms with Gasteiger partial charge in [-0.25, -0.2) is 9.18 Å². The number of nitrogens with one attached hydrogen (secondary N) is 1. The van der Waals surface area contributed by atoms with Gasteiger partial charge in [0.05, 0.1) is 0 Å². The smallest absolute Gasteiger partial charge is 0.344 e. The van der Waals surface area contributed by atoms with Gasteiger partial charge >= 0.3 is 5.97 Å². The summed E-state index contributed by atoms with van der Waals surface area (Å²) < 4.78 is 22.6. The molecular weight excluding hydrogens is 277 g/mol. The molecule has 114 valence electrons. The molecule has 1 saturated carbocycles. The lowest BCUT2D eigenvalue weighted by atomic mass is 10.2. The minimum Gasteiger partial charge on any atom is -0.482 e. The Kier molecular flexibility index (Phi) is 5.14. The van der Waals surface area contributed by atoms with E-state index in [0.29, 0.717) is 11.7 Å². The van der Waals surface area contributed by atoms with Gasteiger partial charge in [-0.05, 0) is 49.9 Å². The molecule has 2 rings (SSSR count). The highest BCUT2D eigenvalue weighted by Gasteiger charge is 2.28. The molecule has 1 aliphatic rings. The monoisotopic (exact) mass is 295 g/mol. The molecule has 21 heavy (non-hydrogen) atoms. The van der Waals surface area contributed by atoms with Crippen molar-refractivity contribution in [2.75, 3.05) is 13.2 Å². The Morgan fingerprint density at radius 3 is 2.57 bits per heavy atom. The molecule has 0 spiro atoms. The summed E-state index contributed by atoms with van der Waals surface area (Å²) in [5, 5.41) is 2.78. The van der Waals surface area contributed by atoms with Crippen LogP contribution in [0.2, 0.25) is 0 Å². The third-order valence-corrected chi connectivity index (χ3v) is 3.25. The van der Waals surface area contributed by atoms with E-state index in [9.17, 15) is 14.0 Å². The van der Waals surface area contributed by atoms with Crippen LogP contribution in [0.4, 0.5) is 4.39 Å². The molecule has 0 heterocycles. The normalized spacial score (nSPS) is 15.1. The maximum atomic E-state index is 12.7. The molecule has 1 atom stereocenters. The maximum absolute atomic E-state index is 12.7. The highest BCUT2D eigenvalue weighted by molar-refractivity contribution is 5.81. The van der Waals surface area contributed by atoms with Crippen LogP contribution in [0.1, 0.15) is 19.8 Å². The van der Waals surface area contributed by atoms with E-state index in [0.717, 1.165) is 12.8 Å². The molecule has 1 aromatic carbocycles. The van der Waals surface area contributed by atoms with Crippen LogP contribution in [0.25, 0.3) is 0 Å². The summed E-state index contributed by atoms with van der Waals surface area (Å²) in [6.45, 7) is 1.30. The molecule has 0 bridgehead atoms. The van der Waals surface area contributed by atoms with Gasteiger partial charge in [-0.2, -0.15) is 0 Å². The van der Waals surface area contributed by atoms with Crippen molar-refractivity contribution in [1.29, 1.82) is 0 Å². The van der Waals surface area contributed by atoms with Gasteiger partial charge in [0.2, 0.25) is 0 Å². The SMILES string of the molecule is C[C@@H](NC(=O)COC(=O)COc1ccc(F)cc1)C1CC1. The molecular formula is C15H18FNO4. The fraction of sp³-hybridized carbons (Fsp3) is 0.467. The van der Waals surface area contributed by atoms with Crippen LogP contribution in [0, 0.1) is 11.7 Å². The van der Waals surface area contributed by atoms with E-state index in [1.54, 1.807) is 0 Å². The summed E-state index contributed by atoms with van der Waals surface area (Å²) in [6.07, 6.45) is 2.26. The van der Waals surface area contributed by atoms with Crippen molar-refractivity contribution < 1.29 is 23.5 Å². The minimum atomic E-state index is -0.645. The van der Waals surface area contributed by atoms with Gasteiger partial charge in [0.25, 0.3) is 5.91 Å². The van der Waals surface area contributed by atoms with Crippen LogP contribution >= 0.6 is 0 Å². The van der Waals surface area contributed by atoms with E-state index >= 15 is 0 Å². The molecule has 1 aromatic rings. The molecule has 0 aromatic heterocycles. The van der Waals surface area contributed by atoms with Gasteiger partial charge in [0.15, 0.2) is 13.2 Å². The first-order chi connectivity index (χ1) is 10.0. The van der Waals surface area contributed by atoms with Gasteiger partial charge in [0, 0.05) is 6.04 Å². The summed E-state index contributed by atoms with van der Waals surface area (Å²) in [5.41, 5.74) is 0. The molecule has 0 unspecified atom stereocenters. The van der Waals surface area contributed by atoms with E-state index < -0.39 is 5.97 Å². The van der Waals surface area contributed by atoms with Crippen molar-refractivity contribution in [3.8, 4) is 5.75 Å². The molecule has 1 amide bonds. The lowest BCUT2D eigenvalue weighted by molar-refractivity contribution is -0.150. The average Bonchev–Trinajstić information content (AvgIpc) is 3.29. The summed E-state index contributed by atoms with van der Waals surface area (Å²) in [4.78, 5) is 22.9. The van der Waals surface area contributed by atoms with E-state index in [1.165, 1.54) is 24.3 Å². The highest BCUT2D eigenvalue weighted by Crippen LogP contribution is 2.32. The lowest BCUT2D eigenvalue weighted by Crippen LogP contribution is -2.37. The van der Waals surface area contributed by atoms with E-state index in [-0.39, 0.29) is 31.0 Å². The highest BCUT2D eigenvalue weighted by atomic mass is 19.1. The second kappa shape index (κ2) is 7.06. The Bertz CT molecular complexity index is 499. The summed E-state index contributed by atoms with van der Waals surface area (Å²) in [6, 6.07) is 5.40. The Hall–Kier alpha value is -2.11. The number of carbonyl (C=O) groups excluding carboxylic acids is 2. The molecule has 1 N–H and O–H groups in total. The largest absolute Gasteiger partial charge is 0.482 e. The van der Waals surface area contributed by atoms with Crippen LogP contribution in [0.5, 0.6) is 5.75 Å². The summed E-state index contributed by atoms with van der Waals surface area (Å²) in [7, 11) is 0. The van der Waals surface area contributed by atoms with E-state index in [1.807, 2.05) is 6.92 Å². The second-order valence-electron chi connectivity index (χ2n) is 5.10. The van der Waals surface area contributed by atoms with Crippen LogP contribution in [0.3, 0.4) is 0 Å². The fourth-order valence-electron chi connectivity index (χ4n) is 1.87. The Morgan fingerprint density at radius 1 is 1.29 bits per heavy atom. The predicted molar refractivity (Wildman–Crippen MR) is 73.2 cm³/mol. The zero-order chi connectivity index (χ0) is 15.2. The molecule has 0 radical (unpaired) electrons. The van der Waals surface area contributed by atoms with E-state index in [4.69, 9.17) is 9.47 Å². The van der Waals surface area contributed by atoms with Crippen molar-refractivity contribution in [3.05, 3.63) is 30.1 Å². The van der Waals surface area contributed by atoms with Crippen molar-refractivity contribution in [1.82, 2.24) is 5.32 Å². The zero-order valence-corrected chi connectivity index (χ0v) is 11.8. The number of hydrogen-bond acceptors (Lipinski definition) is 4. The van der Waals surface area contributed by atoms with Gasteiger partial charge in [-0.3, -0.25) is 4.79 Å². The number of benzene rings is 1.